The second-order valence-corrected chi connectivity index (χ2v) is 6.97. The van der Waals surface area contributed by atoms with E-state index in [9.17, 15) is 5.11 Å². The first kappa shape index (κ1) is 15.4. The predicted molar refractivity (Wildman–Crippen MR) is 84.9 cm³/mol. The molecule has 1 aromatic carbocycles. The first-order valence-electron chi connectivity index (χ1n) is 8.04. The van der Waals surface area contributed by atoms with Gasteiger partial charge in [-0.15, -0.1) is 0 Å². The molecule has 1 atom stereocenters. The van der Waals surface area contributed by atoms with Crippen molar-refractivity contribution in [2.75, 3.05) is 6.54 Å². The molecule has 2 nitrogen and oxygen atoms in total. The highest BCUT2D eigenvalue weighted by Gasteiger charge is 2.34. The van der Waals surface area contributed by atoms with E-state index in [1.165, 1.54) is 32.1 Å². The summed E-state index contributed by atoms with van der Waals surface area (Å²) in [4.78, 5) is 0. The summed E-state index contributed by atoms with van der Waals surface area (Å²) < 4.78 is 0. The van der Waals surface area contributed by atoms with Crippen molar-refractivity contribution >= 4 is 0 Å². The fourth-order valence-electron chi connectivity index (χ4n) is 3.78. The van der Waals surface area contributed by atoms with E-state index in [1.54, 1.807) is 6.07 Å². The molecular weight excluding hydrogens is 246 g/mol. The van der Waals surface area contributed by atoms with Gasteiger partial charge in [0.1, 0.15) is 5.75 Å². The zero-order chi connectivity index (χ0) is 14.6. The number of phenols is 1. The highest BCUT2D eigenvalue weighted by atomic mass is 16.3. The Bertz CT molecular complexity index is 421. The summed E-state index contributed by atoms with van der Waals surface area (Å²) in [6.45, 7) is 7.87. The summed E-state index contributed by atoms with van der Waals surface area (Å²) in [6.07, 6.45) is 6.77. The van der Waals surface area contributed by atoms with Crippen molar-refractivity contribution in [1.29, 1.82) is 0 Å². The Labute approximate surface area is 123 Å². The number of aromatic hydroxyl groups is 1. The van der Waals surface area contributed by atoms with Crippen LogP contribution in [0.5, 0.6) is 5.75 Å². The molecule has 1 unspecified atom stereocenters. The molecule has 2 N–H and O–H groups in total. The standard InChI is InChI=1S/C18H29NO/c1-14(2)12-18(10-6-7-11-18)13-19-15(3)16-8-4-5-9-17(16)20/h4-5,8-9,14-15,19-20H,6-7,10-13H2,1-3H3. The van der Waals surface area contributed by atoms with Gasteiger partial charge >= 0.3 is 0 Å². The van der Waals surface area contributed by atoms with Gasteiger partial charge in [-0.3, -0.25) is 0 Å². The maximum Gasteiger partial charge on any atom is 0.120 e. The Morgan fingerprint density at radius 2 is 1.80 bits per heavy atom. The van der Waals surface area contributed by atoms with E-state index in [1.807, 2.05) is 18.2 Å². The number of para-hydroxylation sites is 1. The largest absolute Gasteiger partial charge is 0.508 e. The Balaban J connectivity index is 1.97. The van der Waals surface area contributed by atoms with Gasteiger partial charge in [0.05, 0.1) is 0 Å². The summed E-state index contributed by atoms with van der Waals surface area (Å²) >= 11 is 0. The van der Waals surface area contributed by atoms with E-state index in [0.717, 1.165) is 18.0 Å². The van der Waals surface area contributed by atoms with Crippen LogP contribution in [0, 0.1) is 11.3 Å². The van der Waals surface area contributed by atoms with Crippen LogP contribution in [-0.2, 0) is 0 Å². The van der Waals surface area contributed by atoms with E-state index >= 15 is 0 Å². The average molecular weight is 275 g/mol. The van der Waals surface area contributed by atoms with E-state index in [4.69, 9.17) is 0 Å². The van der Waals surface area contributed by atoms with Gasteiger partial charge < -0.3 is 10.4 Å². The van der Waals surface area contributed by atoms with Crippen LogP contribution in [0.15, 0.2) is 24.3 Å². The lowest BCUT2D eigenvalue weighted by Gasteiger charge is -2.33. The van der Waals surface area contributed by atoms with Crippen LogP contribution < -0.4 is 5.32 Å². The molecule has 1 aliphatic carbocycles. The van der Waals surface area contributed by atoms with Gasteiger partial charge in [0, 0.05) is 18.2 Å². The fraction of sp³-hybridized carbons (Fsp3) is 0.667. The number of rotatable bonds is 6. The molecule has 1 aliphatic rings. The second-order valence-electron chi connectivity index (χ2n) is 6.97. The molecule has 2 heteroatoms. The van der Waals surface area contributed by atoms with Gasteiger partial charge in [0.2, 0.25) is 0 Å². The summed E-state index contributed by atoms with van der Waals surface area (Å²) in [5, 5.41) is 13.6. The highest BCUT2D eigenvalue weighted by Crippen LogP contribution is 2.43. The van der Waals surface area contributed by atoms with Crippen LogP contribution in [0.4, 0.5) is 0 Å². The third-order valence-electron chi connectivity index (χ3n) is 4.69. The number of benzene rings is 1. The van der Waals surface area contributed by atoms with Crippen molar-refractivity contribution in [3.8, 4) is 5.75 Å². The van der Waals surface area contributed by atoms with Gasteiger partial charge in [0.25, 0.3) is 0 Å². The molecule has 0 heterocycles. The lowest BCUT2D eigenvalue weighted by atomic mass is 9.78. The number of phenolic OH excluding ortho intramolecular Hbond substituents is 1. The van der Waals surface area contributed by atoms with E-state index in [2.05, 4.69) is 26.1 Å². The number of nitrogens with one attached hydrogen (secondary N) is 1. The number of hydrogen-bond acceptors (Lipinski definition) is 2. The fourth-order valence-corrected chi connectivity index (χ4v) is 3.78. The Kier molecular flexibility index (Phi) is 5.09. The minimum atomic E-state index is 0.209. The molecule has 20 heavy (non-hydrogen) atoms. The molecule has 1 saturated carbocycles. The molecule has 0 aromatic heterocycles. The average Bonchev–Trinajstić information content (AvgIpc) is 2.84. The lowest BCUT2D eigenvalue weighted by Crippen LogP contribution is -2.34. The molecular formula is C18H29NO. The monoisotopic (exact) mass is 275 g/mol. The van der Waals surface area contributed by atoms with Gasteiger partial charge in [-0.05, 0) is 43.6 Å². The van der Waals surface area contributed by atoms with Crippen molar-refractivity contribution in [2.24, 2.45) is 11.3 Å². The minimum absolute atomic E-state index is 0.209. The van der Waals surface area contributed by atoms with Crippen molar-refractivity contribution in [1.82, 2.24) is 5.32 Å². The third kappa shape index (κ3) is 3.76. The SMILES string of the molecule is CC(C)CC1(CNC(C)c2ccccc2O)CCCC1. The van der Waals surface area contributed by atoms with Crippen LogP contribution >= 0.6 is 0 Å². The van der Waals surface area contributed by atoms with Crippen LogP contribution in [0.3, 0.4) is 0 Å². The molecule has 1 aromatic rings. The Hall–Kier alpha value is -1.02. The normalized spacial score (nSPS) is 19.4. The smallest absolute Gasteiger partial charge is 0.120 e. The van der Waals surface area contributed by atoms with Gasteiger partial charge in [-0.2, -0.15) is 0 Å². The van der Waals surface area contributed by atoms with Crippen molar-refractivity contribution < 1.29 is 5.11 Å². The van der Waals surface area contributed by atoms with Crippen molar-refractivity contribution in [3.05, 3.63) is 29.8 Å². The zero-order valence-corrected chi connectivity index (χ0v) is 13.2. The predicted octanol–water partition coefficient (Wildman–Crippen LogP) is 4.65. The van der Waals surface area contributed by atoms with Crippen LogP contribution in [0.25, 0.3) is 0 Å². The first-order chi connectivity index (χ1) is 9.52. The molecule has 0 amide bonds. The van der Waals surface area contributed by atoms with E-state index < -0.39 is 0 Å². The molecule has 0 saturated heterocycles. The minimum Gasteiger partial charge on any atom is -0.508 e. The summed E-state index contributed by atoms with van der Waals surface area (Å²) in [5.74, 6) is 1.16. The topological polar surface area (TPSA) is 32.3 Å². The maximum absolute atomic E-state index is 9.94. The van der Waals surface area contributed by atoms with Gasteiger partial charge in [-0.25, -0.2) is 0 Å². The molecule has 0 radical (unpaired) electrons. The molecule has 0 aliphatic heterocycles. The maximum atomic E-state index is 9.94. The second kappa shape index (κ2) is 6.62. The molecule has 112 valence electrons. The van der Waals surface area contributed by atoms with Crippen molar-refractivity contribution in [2.45, 2.75) is 58.9 Å². The lowest BCUT2D eigenvalue weighted by molar-refractivity contribution is 0.216. The number of hydrogen-bond donors (Lipinski definition) is 2. The Morgan fingerprint density at radius 3 is 2.40 bits per heavy atom. The summed E-state index contributed by atoms with van der Waals surface area (Å²) in [7, 11) is 0. The van der Waals surface area contributed by atoms with Gasteiger partial charge in [-0.1, -0.05) is 44.9 Å². The van der Waals surface area contributed by atoms with Crippen LogP contribution in [-0.4, -0.2) is 11.7 Å². The third-order valence-corrected chi connectivity index (χ3v) is 4.69. The van der Waals surface area contributed by atoms with E-state index in [-0.39, 0.29) is 6.04 Å². The highest BCUT2D eigenvalue weighted by molar-refractivity contribution is 5.34. The van der Waals surface area contributed by atoms with Crippen molar-refractivity contribution in [3.63, 3.8) is 0 Å². The van der Waals surface area contributed by atoms with Crippen LogP contribution in [0.1, 0.15) is 64.5 Å². The van der Waals surface area contributed by atoms with Crippen LogP contribution in [0.2, 0.25) is 0 Å². The summed E-state index contributed by atoms with van der Waals surface area (Å²) in [5.41, 5.74) is 1.48. The van der Waals surface area contributed by atoms with Gasteiger partial charge in [0.15, 0.2) is 0 Å². The molecule has 0 bridgehead atoms. The molecule has 0 spiro atoms. The summed E-state index contributed by atoms with van der Waals surface area (Å²) in [6, 6.07) is 7.86. The quantitative estimate of drug-likeness (QED) is 0.792. The Morgan fingerprint density at radius 1 is 1.15 bits per heavy atom. The van der Waals surface area contributed by atoms with E-state index in [0.29, 0.717) is 11.2 Å². The molecule has 2 rings (SSSR count). The zero-order valence-electron chi connectivity index (χ0n) is 13.2. The first-order valence-corrected chi connectivity index (χ1v) is 8.04. The molecule has 1 fully saturated rings.